The van der Waals surface area contributed by atoms with Gasteiger partial charge in [0, 0.05) is 17.7 Å². The Morgan fingerprint density at radius 2 is 1.71 bits per heavy atom. The SMILES string of the molecule is Cc1ccc(C(=O)Nc2cc3c(cc2Cl)OCCO3)cc1. The first kappa shape index (κ1) is 13.8. The predicted molar refractivity (Wildman–Crippen MR) is 81.6 cm³/mol. The molecule has 0 aliphatic carbocycles. The van der Waals surface area contributed by atoms with E-state index in [4.69, 9.17) is 21.1 Å². The topological polar surface area (TPSA) is 47.6 Å². The summed E-state index contributed by atoms with van der Waals surface area (Å²) in [6, 6.07) is 10.7. The molecule has 0 atom stereocenters. The summed E-state index contributed by atoms with van der Waals surface area (Å²) in [5.74, 6) is 0.970. The summed E-state index contributed by atoms with van der Waals surface area (Å²) in [4.78, 5) is 12.2. The number of amides is 1. The summed E-state index contributed by atoms with van der Waals surface area (Å²) >= 11 is 6.17. The number of carbonyl (C=O) groups excluding carboxylic acids is 1. The highest BCUT2D eigenvalue weighted by molar-refractivity contribution is 6.34. The zero-order valence-electron chi connectivity index (χ0n) is 11.5. The Bertz CT molecular complexity index is 683. The minimum Gasteiger partial charge on any atom is -0.486 e. The highest BCUT2D eigenvalue weighted by Gasteiger charge is 2.16. The van der Waals surface area contributed by atoms with Crippen molar-refractivity contribution in [3.8, 4) is 11.5 Å². The van der Waals surface area contributed by atoms with Gasteiger partial charge >= 0.3 is 0 Å². The van der Waals surface area contributed by atoms with Crippen LogP contribution in [-0.4, -0.2) is 19.1 Å². The monoisotopic (exact) mass is 303 g/mol. The molecule has 0 fully saturated rings. The summed E-state index contributed by atoms with van der Waals surface area (Å²) in [6.07, 6.45) is 0. The number of anilines is 1. The number of halogens is 1. The first-order chi connectivity index (χ1) is 10.1. The molecule has 0 aromatic heterocycles. The maximum Gasteiger partial charge on any atom is 0.255 e. The molecule has 4 nitrogen and oxygen atoms in total. The molecule has 5 heteroatoms. The molecule has 0 bridgehead atoms. The van der Waals surface area contributed by atoms with E-state index in [0.29, 0.717) is 41.0 Å². The van der Waals surface area contributed by atoms with E-state index < -0.39 is 0 Å². The van der Waals surface area contributed by atoms with Gasteiger partial charge in [-0.3, -0.25) is 4.79 Å². The predicted octanol–water partition coefficient (Wildman–Crippen LogP) is 3.67. The van der Waals surface area contributed by atoms with Gasteiger partial charge < -0.3 is 14.8 Å². The Kier molecular flexibility index (Phi) is 3.71. The molecule has 0 saturated heterocycles. The second-order valence-corrected chi connectivity index (χ2v) is 5.20. The molecule has 0 unspecified atom stereocenters. The van der Waals surface area contributed by atoms with Crippen LogP contribution in [0.3, 0.4) is 0 Å². The summed E-state index contributed by atoms with van der Waals surface area (Å²) in [7, 11) is 0. The number of fused-ring (bicyclic) bond motifs is 1. The van der Waals surface area contributed by atoms with Crippen molar-refractivity contribution in [3.63, 3.8) is 0 Å². The smallest absolute Gasteiger partial charge is 0.255 e. The van der Waals surface area contributed by atoms with Crippen molar-refractivity contribution in [1.29, 1.82) is 0 Å². The minimum absolute atomic E-state index is 0.214. The van der Waals surface area contributed by atoms with E-state index in [1.54, 1.807) is 24.3 Å². The van der Waals surface area contributed by atoms with Crippen LogP contribution in [0.25, 0.3) is 0 Å². The number of hydrogen-bond acceptors (Lipinski definition) is 3. The number of benzene rings is 2. The second kappa shape index (κ2) is 5.66. The third kappa shape index (κ3) is 2.95. The van der Waals surface area contributed by atoms with Crippen LogP contribution in [0.4, 0.5) is 5.69 Å². The zero-order chi connectivity index (χ0) is 14.8. The quantitative estimate of drug-likeness (QED) is 0.921. The van der Waals surface area contributed by atoms with Crippen molar-refractivity contribution < 1.29 is 14.3 Å². The fourth-order valence-corrected chi connectivity index (χ4v) is 2.26. The Hall–Kier alpha value is -2.20. The molecule has 1 amide bonds. The van der Waals surface area contributed by atoms with Crippen LogP contribution in [-0.2, 0) is 0 Å². The van der Waals surface area contributed by atoms with E-state index in [9.17, 15) is 4.79 Å². The molecule has 1 N–H and O–H groups in total. The lowest BCUT2D eigenvalue weighted by molar-refractivity contribution is 0.102. The van der Waals surface area contributed by atoms with E-state index >= 15 is 0 Å². The minimum atomic E-state index is -0.214. The van der Waals surface area contributed by atoms with Crippen molar-refractivity contribution in [2.45, 2.75) is 6.92 Å². The number of ether oxygens (including phenoxy) is 2. The third-order valence-electron chi connectivity index (χ3n) is 3.19. The molecule has 0 radical (unpaired) electrons. The van der Waals surface area contributed by atoms with E-state index in [-0.39, 0.29) is 5.91 Å². The van der Waals surface area contributed by atoms with Gasteiger partial charge in [-0.2, -0.15) is 0 Å². The average Bonchev–Trinajstić information content (AvgIpc) is 2.48. The molecule has 1 aliphatic rings. The third-order valence-corrected chi connectivity index (χ3v) is 3.51. The molecule has 2 aromatic rings. The fraction of sp³-hybridized carbons (Fsp3) is 0.188. The fourth-order valence-electron chi connectivity index (χ4n) is 2.06. The Balaban J connectivity index is 1.84. The zero-order valence-corrected chi connectivity index (χ0v) is 12.2. The number of aryl methyl sites for hydroxylation is 1. The molecular formula is C16H14ClNO3. The molecule has 0 saturated carbocycles. The van der Waals surface area contributed by atoms with Crippen molar-refractivity contribution in [3.05, 3.63) is 52.5 Å². The molecule has 3 rings (SSSR count). The van der Waals surface area contributed by atoms with Crippen molar-refractivity contribution in [1.82, 2.24) is 0 Å². The van der Waals surface area contributed by atoms with Gasteiger partial charge in [0.2, 0.25) is 0 Å². The first-order valence-corrected chi connectivity index (χ1v) is 6.98. The summed E-state index contributed by atoms with van der Waals surface area (Å²) in [5, 5.41) is 3.21. The van der Waals surface area contributed by atoms with E-state index in [1.807, 2.05) is 19.1 Å². The van der Waals surface area contributed by atoms with Crippen LogP contribution in [0, 0.1) is 6.92 Å². The maximum atomic E-state index is 12.2. The van der Waals surface area contributed by atoms with Crippen LogP contribution < -0.4 is 14.8 Å². The van der Waals surface area contributed by atoms with Crippen LogP contribution in [0.2, 0.25) is 5.02 Å². The summed E-state index contributed by atoms with van der Waals surface area (Å²) in [6.45, 7) is 2.96. The van der Waals surface area contributed by atoms with Crippen molar-refractivity contribution in [2.75, 3.05) is 18.5 Å². The molecular weight excluding hydrogens is 290 g/mol. The molecule has 0 spiro atoms. The lowest BCUT2D eigenvalue weighted by Crippen LogP contribution is -2.16. The number of nitrogens with one attached hydrogen (secondary N) is 1. The normalized spacial score (nSPS) is 12.9. The maximum absolute atomic E-state index is 12.2. The van der Waals surface area contributed by atoms with Gasteiger partial charge in [-0.15, -0.1) is 0 Å². The Morgan fingerprint density at radius 3 is 2.38 bits per heavy atom. The first-order valence-electron chi connectivity index (χ1n) is 6.60. The Morgan fingerprint density at radius 1 is 1.10 bits per heavy atom. The van der Waals surface area contributed by atoms with Crippen molar-refractivity contribution in [2.24, 2.45) is 0 Å². The van der Waals surface area contributed by atoms with Crippen LogP contribution >= 0.6 is 11.6 Å². The number of carbonyl (C=O) groups is 1. The van der Waals surface area contributed by atoms with Gasteiger partial charge in [-0.25, -0.2) is 0 Å². The molecule has 108 valence electrons. The van der Waals surface area contributed by atoms with Crippen LogP contribution in [0.5, 0.6) is 11.5 Å². The summed E-state index contributed by atoms with van der Waals surface area (Å²) in [5.41, 5.74) is 2.18. The second-order valence-electron chi connectivity index (χ2n) is 4.80. The van der Waals surface area contributed by atoms with Gasteiger partial charge in [0.25, 0.3) is 5.91 Å². The van der Waals surface area contributed by atoms with Gasteiger partial charge in [-0.05, 0) is 19.1 Å². The molecule has 21 heavy (non-hydrogen) atoms. The number of hydrogen-bond donors (Lipinski definition) is 1. The van der Waals surface area contributed by atoms with Crippen molar-refractivity contribution >= 4 is 23.2 Å². The lowest BCUT2D eigenvalue weighted by Gasteiger charge is -2.20. The summed E-state index contributed by atoms with van der Waals surface area (Å²) < 4.78 is 10.9. The van der Waals surface area contributed by atoms with Gasteiger partial charge in [0.1, 0.15) is 13.2 Å². The van der Waals surface area contributed by atoms with Gasteiger partial charge in [0.15, 0.2) is 11.5 Å². The Labute approximate surface area is 127 Å². The van der Waals surface area contributed by atoms with E-state index in [0.717, 1.165) is 5.56 Å². The van der Waals surface area contributed by atoms with Crippen LogP contribution in [0.1, 0.15) is 15.9 Å². The highest BCUT2D eigenvalue weighted by atomic mass is 35.5. The molecule has 1 aliphatic heterocycles. The van der Waals surface area contributed by atoms with Gasteiger partial charge in [-0.1, -0.05) is 29.3 Å². The average molecular weight is 304 g/mol. The largest absolute Gasteiger partial charge is 0.486 e. The molecule has 1 heterocycles. The standard InChI is InChI=1S/C16H14ClNO3/c1-10-2-4-11(5-3-10)16(19)18-13-9-15-14(8-12(13)17)20-6-7-21-15/h2-5,8-9H,6-7H2,1H3,(H,18,19). The van der Waals surface area contributed by atoms with E-state index in [2.05, 4.69) is 5.32 Å². The van der Waals surface area contributed by atoms with E-state index in [1.165, 1.54) is 0 Å². The molecule has 2 aromatic carbocycles. The highest BCUT2D eigenvalue weighted by Crippen LogP contribution is 2.38. The number of rotatable bonds is 2. The van der Waals surface area contributed by atoms with Gasteiger partial charge in [0.05, 0.1) is 10.7 Å². The van der Waals surface area contributed by atoms with Crippen LogP contribution in [0.15, 0.2) is 36.4 Å². The lowest BCUT2D eigenvalue weighted by atomic mass is 10.1.